The van der Waals surface area contributed by atoms with Crippen molar-refractivity contribution in [2.45, 2.75) is 31.7 Å². The molecule has 1 aromatic rings. The largest absolute Gasteiger partial charge is 0.497 e. The van der Waals surface area contributed by atoms with Gasteiger partial charge in [-0.15, -0.1) is 0 Å². The SMILES string of the molecule is COc1ccc(Br)c(C(=O)N2CCCCCC2C(=O)O)c1. The Morgan fingerprint density at radius 3 is 2.76 bits per heavy atom. The lowest BCUT2D eigenvalue weighted by atomic mass is 10.1. The second-order valence-corrected chi connectivity index (χ2v) is 5.90. The van der Waals surface area contributed by atoms with Crippen LogP contribution in [0.3, 0.4) is 0 Å². The van der Waals surface area contributed by atoms with Gasteiger partial charge in [0.2, 0.25) is 0 Å². The average molecular weight is 356 g/mol. The zero-order valence-electron chi connectivity index (χ0n) is 11.8. The molecule has 2 rings (SSSR count). The van der Waals surface area contributed by atoms with Gasteiger partial charge < -0.3 is 14.7 Å². The number of aliphatic carboxylic acids is 1. The van der Waals surface area contributed by atoms with Crippen LogP contribution in [0.15, 0.2) is 22.7 Å². The molecule has 0 aromatic heterocycles. The Balaban J connectivity index is 2.33. The third-order valence-corrected chi connectivity index (χ3v) is 4.39. The van der Waals surface area contributed by atoms with E-state index in [1.165, 1.54) is 12.0 Å². The van der Waals surface area contributed by atoms with E-state index in [9.17, 15) is 14.7 Å². The van der Waals surface area contributed by atoms with Crippen LogP contribution in [0.5, 0.6) is 5.75 Å². The molecule has 0 bridgehead atoms. The number of rotatable bonds is 3. The number of halogens is 1. The van der Waals surface area contributed by atoms with Gasteiger partial charge in [0.25, 0.3) is 5.91 Å². The highest BCUT2D eigenvalue weighted by Crippen LogP contribution is 2.26. The van der Waals surface area contributed by atoms with Crippen molar-refractivity contribution >= 4 is 27.8 Å². The van der Waals surface area contributed by atoms with Crippen LogP contribution in [0.25, 0.3) is 0 Å². The lowest BCUT2D eigenvalue weighted by Gasteiger charge is -2.27. The molecular formula is C15H18BrNO4. The normalized spacial score (nSPS) is 19.0. The predicted octanol–water partition coefficient (Wildman–Crippen LogP) is 2.93. The molecular weight excluding hydrogens is 338 g/mol. The first kappa shape index (κ1) is 15.8. The van der Waals surface area contributed by atoms with Gasteiger partial charge in [-0.05, 0) is 47.0 Å². The molecule has 0 saturated carbocycles. The summed E-state index contributed by atoms with van der Waals surface area (Å²) in [6.45, 7) is 0.472. The van der Waals surface area contributed by atoms with E-state index in [1.807, 2.05) is 0 Å². The summed E-state index contributed by atoms with van der Waals surface area (Å²) in [6, 6.07) is 4.37. The number of ether oxygens (including phenoxy) is 1. The van der Waals surface area contributed by atoms with Gasteiger partial charge in [0, 0.05) is 11.0 Å². The fourth-order valence-electron chi connectivity index (χ4n) is 2.56. The third-order valence-electron chi connectivity index (χ3n) is 3.70. The van der Waals surface area contributed by atoms with Crippen LogP contribution in [0.1, 0.15) is 36.0 Å². The van der Waals surface area contributed by atoms with Crippen molar-refractivity contribution < 1.29 is 19.4 Å². The van der Waals surface area contributed by atoms with E-state index in [0.29, 0.717) is 28.8 Å². The number of benzene rings is 1. The van der Waals surface area contributed by atoms with E-state index in [2.05, 4.69) is 15.9 Å². The molecule has 0 aliphatic carbocycles. The van der Waals surface area contributed by atoms with E-state index in [1.54, 1.807) is 18.2 Å². The Morgan fingerprint density at radius 2 is 2.10 bits per heavy atom. The Morgan fingerprint density at radius 1 is 1.33 bits per heavy atom. The minimum atomic E-state index is -0.940. The fraction of sp³-hybridized carbons (Fsp3) is 0.467. The number of nitrogens with zero attached hydrogens (tertiary/aromatic N) is 1. The van der Waals surface area contributed by atoms with Gasteiger partial charge >= 0.3 is 5.97 Å². The van der Waals surface area contributed by atoms with E-state index >= 15 is 0 Å². The van der Waals surface area contributed by atoms with Crippen molar-refractivity contribution in [3.63, 3.8) is 0 Å². The Kier molecular flexibility index (Phi) is 5.22. The predicted molar refractivity (Wildman–Crippen MR) is 81.6 cm³/mol. The molecule has 21 heavy (non-hydrogen) atoms. The summed E-state index contributed by atoms with van der Waals surface area (Å²) in [5.74, 6) is -0.636. The molecule has 1 amide bonds. The highest BCUT2D eigenvalue weighted by atomic mass is 79.9. The molecule has 1 saturated heterocycles. The van der Waals surface area contributed by atoms with Crippen molar-refractivity contribution in [2.24, 2.45) is 0 Å². The highest BCUT2D eigenvalue weighted by molar-refractivity contribution is 9.10. The van der Waals surface area contributed by atoms with Gasteiger partial charge in [-0.2, -0.15) is 0 Å². The first-order chi connectivity index (χ1) is 10.0. The minimum absolute atomic E-state index is 0.268. The monoisotopic (exact) mass is 355 g/mol. The van der Waals surface area contributed by atoms with E-state index < -0.39 is 12.0 Å². The number of carbonyl (C=O) groups excluding carboxylic acids is 1. The lowest BCUT2D eigenvalue weighted by molar-refractivity contribution is -0.142. The number of carbonyl (C=O) groups is 2. The summed E-state index contributed by atoms with van der Waals surface area (Å²) in [5.41, 5.74) is 0.433. The van der Waals surface area contributed by atoms with Crippen LogP contribution in [-0.4, -0.2) is 41.6 Å². The van der Waals surface area contributed by atoms with Crippen LogP contribution in [0.2, 0.25) is 0 Å². The molecule has 1 atom stereocenters. The van der Waals surface area contributed by atoms with Crippen molar-refractivity contribution in [3.8, 4) is 5.75 Å². The van der Waals surface area contributed by atoms with Crippen molar-refractivity contribution in [1.29, 1.82) is 0 Å². The minimum Gasteiger partial charge on any atom is -0.497 e. The summed E-state index contributed by atoms with van der Waals surface area (Å²) >= 11 is 3.35. The molecule has 1 heterocycles. The van der Waals surface area contributed by atoms with Gasteiger partial charge in [0.1, 0.15) is 11.8 Å². The average Bonchev–Trinajstić information content (AvgIpc) is 2.73. The number of methoxy groups -OCH3 is 1. The molecule has 5 nitrogen and oxygen atoms in total. The van der Waals surface area contributed by atoms with Crippen LogP contribution in [0.4, 0.5) is 0 Å². The number of carboxylic acid groups (broad SMARTS) is 1. The van der Waals surface area contributed by atoms with Gasteiger partial charge in [0.15, 0.2) is 0 Å². The highest BCUT2D eigenvalue weighted by Gasteiger charge is 2.32. The van der Waals surface area contributed by atoms with Gasteiger partial charge in [-0.3, -0.25) is 4.79 Å². The summed E-state index contributed by atoms with van der Waals surface area (Å²) in [6.07, 6.45) is 3.12. The smallest absolute Gasteiger partial charge is 0.326 e. The van der Waals surface area contributed by atoms with E-state index in [-0.39, 0.29) is 5.91 Å². The maximum Gasteiger partial charge on any atom is 0.326 e. The summed E-state index contributed by atoms with van der Waals surface area (Å²) in [5, 5.41) is 9.37. The molecule has 1 aliphatic rings. The quantitative estimate of drug-likeness (QED) is 0.904. The molecule has 0 radical (unpaired) electrons. The van der Waals surface area contributed by atoms with Crippen LogP contribution >= 0.6 is 15.9 Å². The Bertz CT molecular complexity index is 546. The van der Waals surface area contributed by atoms with Crippen molar-refractivity contribution in [1.82, 2.24) is 4.90 Å². The van der Waals surface area contributed by atoms with Crippen LogP contribution in [0, 0.1) is 0 Å². The summed E-state index contributed by atoms with van der Waals surface area (Å²) in [4.78, 5) is 25.6. The summed E-state index contributed by atoms with van der Waals surface area (Å²) in [7, 11) is 1.53. The van der Waals surface area contributed by atoms with E-state index in [4.69, 9.17) is 4.74 Å². The zero-order valence-corrected chi connectivity index (χ0v) is 13.4. The molecule has 0 spiro atoms. The first-order valence-electron chi connectivity index (χ1n) is 6.92. The van der Waals surface area contributed by atoms with Crippen molar-refractivity contribution in [3.05, 3.63) is 28.2 Å². The second-order valence-electron chi connectivity index (χ2n) is 5.05. The number of carboxylic acids is 1. The number of hydrogen-bond donors (Lipinski definition) is 1. The van der Waals surface area contributed by atoms with Gasteiger partial charge in [-0.25, -0.2) is 4.79 Å². The Hall–Kier alpha value is -1.56. The molecule has 1 aliphatic heterocycles. The molecule has 1 unspecified atom stereocenters. The topological polar surface area (TPSA) is 66.8 Å². The second kappa shape index (κ2) is 6.93. The molecule has 6 heteroatoms. The third kappa shape index (κ3) is 3.56. The standard InChI is InChI=1S/C15H18BrNO4/c1-21-10-6-7-12(16)11(9-10)14(18)17-8-4-2-3-5-13(17)15(19)20/h6-7,9,13H,2-5,8H2,1H3,(H,19,20). The van der Waals surface area contributed by atoms with Crippen molar-refractivity contribution in [2.75, 3.05) is 13.7 Å². The van der Waals surface area contributed by atoms with E-state index in [0.717, 1.165) is 19.3 Å². The van der Waals surface area contributed by atoms with Gasteiger partial charge in [0.05, 0.1) is 12.7 Å². The lowest BCUT2D eigenvalue weighted by Crippen LogP contribution is -2.44. The Labute approximate surface area is 132 Å². The van der Waals surface area contributed by atoms with Crippen LogP contribution in [-0.2, 0) is 4.79 Å². The molecule has 1 N–H and O–H groups in total. The number of amides is 1. The maximum absolute atomic E-state index is 12.7. The van der Waals surface area contributed by atoms with Gasteiger partial charge in [-0.1, -0.05) is 12.8 Å². The maximum atomic E-state index is 12.7. The number of hydrogen-bond acceptors (Lipinski definition) is 3. The zero-order chi connectivity index (χ0) is 15.4. The molecule has 1 aromatic carbocycles. The summed E-state index contributed by atoms with van der Waals surface area (Å²) < 4.78 is 5.78. The number of likely N-dealkylation sites (tertiary alicyclic amines) is 1. The van der Waals surface area contributed by atoms with Crippen LogP contribution < -0.4 is 4.74 Å². The molecule has 114 valence electrons. The first-order valence-corrected chi connectivity index (χ1v) is 7.71. The molecule has 1 fully saturated rings. The fourth-order valence-corrected chi connectivity index (χ4v) is 2.97.